The van der Waals surface area contributed by atoms with Crippen LogP contribution < -0.4 is 9.64 Å². The summed E-state index contributed by atoms with van der Waals surface area (Å²) in [4.78, 5) is 27.9. The van der Waals surface area contributed by atoms with Crippen molar-refractivity contribution in [3.8, 4) is 5.75 Å². The van der Waals surface area contributed by atoms with Gasteiger partial charge in [-0.2, -0.15) is 10.1 Å². The van der Waals surface area contributed by atoms with Gasteiger partial charge in [0.25, 0.3) is 5.91 Å². The molecule has 0 radical (unpaired) electrons. The van der Waals surface area contributed by atoms with E-state index >= 15 is 0 Å². The largest absolute Gasteiger partial charge is 0.484 e. The number of amides is 1. The molecule has 2 aromatic rings. The van der Waals surface area contributed by atoms with E-state index in [1.807, 2.05) is 6.07 Å². The van der Waals surface area contributed by atoms with E-state index in [0.29, 0.717) is 5.75 Å². The number of aliphatic carboxylic acids is 1. The molecule has 0 atom stereocenters. The van der Waals surface area contributed by atoms with Crippen LogP contribution in [0, 0.1) is 0 Å². The topological polar surface area (TPSA) is 108 Å². The summed E-state index contributed by atoms with van der Waals surface area (Å²) in [6.45, 7) is -0.230. The molecule has 1 aromatic carbocycles. The first-order chi connectivity index (χ1) is 10.2. The summed E-state index contributed by atoms with van der Waals surface area (Å²) in [5.41, 5.74) is 0. The van der Waals surface area contributed by atoms with E-state index in [1.165, 1.54) is 11.2 Å². The first-order valence-corrected chi connectivity index (χ1v) is 6.22. The molecule has 0 saturated carbocycles. The number of hydrogen-bond acceptors (Lipinski definition) is 5. The Labute approximate surface area is 120 Å². The van der Waals surface area contributed by atoms with Gasteiger partial charge in [0, 0.05) is 6.54 Å². The van der Waals surface area contributed by atoms with Crippen molar-refractivity contribution in [3.05, 3.63) is 36.7 Å². The van der Waals surface area contributed by atoms with Gasteiger partial charge in [0.2, 0.25) is 5.95 Å². The van der Waals surface area contributed by atoms with Gasteiger partial charge in [-0.25, -0.2) is 5.10 Å². The normalized spacial score (nSPS) is 10.1. The van der Waals surface area contributed by atoms with Crippen molar-refractivity contribution >= 4 is 17.8 Å². The number of ether oxygens (including phenoxy) is 1. The van der Waals surface area contributed by atoms with Crippen molar-refractivity contribution in [1.29, 1.82) is 0 Å². The summed E-state index contributed by atoms with van der Waals surface area (Å²) in [6, 6.07) is 8.87. The van der Waals surface area contributed by atoms with Gasteiger partial charge in [0.15, 0.2) is 6.61 Å². The first-order valence-electron chi connectivity index (χ1n) is 6.22. The minimum Gasteiger partial charge on any atom is -0.484 e. The van der Waals surface area contributed by atoms with Crippen LogP contribution in [0.1, 0.15) is 6.42 Å². The Morgan fingerprint density at radius 2 is 2.05 bits per heavy atom. The Kier molecular flexibility index (Phi) is 4.86. The van der Waals surface area contributed by atoms with Gasteiger partial charge < -0.3 is 9.84 Å². The van der Waals surface area contributed by atoms with Crippen LogP contribution in [0.2, 0.25) is 0 Å². The van der Waals surface area contributed by atoms with Crippen LogP contribution in [0.25, 0.3) is 0 Å². The lowest BCUT2D eigenvalue weighted by molar-refractivity contribution is -0.136. The zero-order valence-corrected chi connectivity index (χ0v) is 11.1. The quantitative estimate of drug-likeness (QED) is 0.776. The van der Waals surface area contributed by atoms with E-state index < -0.39 is 11.9 Å². The van der Waals surface area contributed by atoms with Gasteiger partial charge in [-0.1, -0.05) is 18.2 Å². The second-order valence-corrected chi connectivity index (χ2v) is 4.10. The van der Waals surface area contributed by atoms with Crippen LogP contribution in [0.3, 0.4) is 0 Å². The van der Waals surface area contributed by atoms with E-state index in [1.54, 1.807) is 24.3 Å². The molecule has 0 aliphatic rings. The maximum absolute atomic E-state index is 12.1. The molecule has 0 aliphatic heterocycles. The van der Waals surface area contributed by atoms with Crippen molar-refractivity contribution in [2.45, 2.75) is 6.42 Å². The Bertz CT molecular complexity index is 585. The highest BCUT2D eigenvalue weighted by atomic mass is 16.5. The van der Waals surface area contributed by atoms with Gasteiger partial charge in [0.05, 0.1) is 6.42 Å². The number of para-hydroxylation sites is 1. The molecule has 1 heterocycles. The van der Waals surface area contributed by atoms with Crippen molar-refractivity contribution < 1.29 is 19.4 Å². The lowest BCUT2D eigenvalue weighted by Gasteiger charge is -2.18. The highest BCUT2D eigenvalue weighted by Crippen LogP contribution is 2.10. The molecule has 0 saturated heterocycles. The summed E-state index contributed by atoms with van der Waals surface area (Å²) in [7, 11) is 0. The highest BCUT2D eigenvalue weighted by Gasteiger charge is 2.19. The molecule has 1 amide bonds. The van der Waals surface area contributed by atoms with Gasteiger partial charge in [-0.3, -0.25) is 14.5 Å². The fourth-order valence-corrected chi connectivity index (χ4v) is 1.62. The van der Waals surface area contributed by atoms with E-state index in [0.717, 1.165) is 0 Å². The average molecular weight is 290 g/mol. The lowest BCUT2D eigenvalue weighted by Crippen LogP contribution is -2.37. The molecule has 8 heteroatoms. The number of carboxylic acid groups (broad SMARTS) is 1. The third-order valence-corrected chi connectivity index (χ3v) is 2.61. The van der Waals surface area contributed by atoms with E-state index in [4.69, 9.17) is 9.84 Å². The number of H-pyrrole nitrogens is 1. The SMILES string of the molecule is O=C(O)CCN(C(=O)COc1ccccc1)c1ncn[nH]1. The molecule has 0 aliphatic carbocycles. The van der Waals surface area contributed by atoms with E-state index in [9.17, 15) is 9.59 Å². The maximum Gasteiger partial charge on any atom is 0.305 e. The predicted octanol–water partition coefficient (Wildman–Crippen LogP) is 0.691. The standard InChI is InChI=1S/C13H14N4O4/c18-11(8-21-10-4-2-1-3-5-10)17(7-6-12(19)20)13-14-9-15-16-13/h1-5,9H,6-8H2,(H,19,20)(H,14,15,16). The van der Waals surface area contributed by atoms with Gasteiger partial charge in [0.1, 0.15) is 12.1 Å². The number of hydrogen-bond donors (Lipinski definition) is 2. The Balaban J connectivity index is 1.99. The molecule has 0 bridgehead atoms. The van der Waals surface area contributed by atoms with Crippen molar-refractivity contribution in [1.82, 2.24) is 15.2 Å². The third kappa shape index (κ3) is 4.30. The zero-order chi connectivity index (χ0) is 15.1. The van der Waals surface area contributed by atoms with Crippen LogP contribution in [0.4, 0.5) is 5.95 Å². The Morgan fingerprint density at radius 1 is 1.29 bits per heavy atom. The number of aromatic nitrogens is 3. The zero-order valence-electron chi connectivity index (χ0n) is 11.1. The van der Waals surface area contributed by atoms with Crippen LogP contribution >= 0.6 is 0 Å². The van der Waals surface area contributed by atoms with Crippen molar-refractivity contribution in [3.63, 3.8) is 0 Å². The van der Waals surface area contributed by atoms with Gasteiger partial charge in [-0.05, 0) is 12.1 Å². The van der Waals surface area contributed by atoms with Crippen LogP contribution in [0.5, 0.6) is 5.75 Å². The van der Waals surface area contributed by atoms with Gasteiger partial charge >= 0.3 is 5.97 Å². The smallest absolute Gasteiger partial charge is 0.305 e. The number of carbonyl (C=O) groups is 2. The van der Waals surface area contributed by atoms with E-state index in [-0.39, 0.29) is 25.5 Å². The fraction of sp³-hybridized carbons (Fsp3) is 0.231. The van der Waals surface area contributed by atoms with Crippen molar-refractivity contribution in [2.75, 3.05) is 18.1 Å². The summed E-state index contributed by atoms with van der Waals surface area (Å²) in [5.74, 6) is -0.660. The fourth-order valence-electron chi connectivity index (χ4n) is 1.62. The summed E-state index contributed by atoms with van der Waals surface area (Å²) >= 11 is 0. The summed E-state index contributed by atoms with van der Waals surface area (Å²) < 4.78 is 5.35. The number of carboxylic acids is 1. The number of anilines is 1. The number of rotatable bonds is 7. The van der Waals surface area contributed by atoms with E-state index in [2.05, 4.69) is 15.2 Å². The number of nitrogens with one attached hydrogen (secondary N) is 1. The average Bonchev–Trinajstić information content (AvgIpc) is 3.00. The summed E-state index contributed by atoms with van der Waals surface area (Å²) in [6.07, 6.45) is 1.05. The van der Waals surface area contributed by atoms with Crippen LogP contribution in [-0.4, -0.2) is 45.3 Å². The number of carbonyl (C=O) groups excluding carboxylic acids is 1. The first kappa shape index (κ1) is 14.5. The molecule has 1 aromatic heterocycles. The highest BCUT2D eigenvalue weighted by molar-refractivity contribution is 5.93. The minimum absolute atomic E-state index is 0.0124. The third-order valence-electron chi connectivity index (χ3n) is 2.61. The molecule has 8 nitrogen and oxygen atoms in total. The molecular weight excluding hydrogens is 276 g/mol. The molecule has 2 N–H and O–H groups in total. The van der Waals surface area contributed by atoms with Gasteiger partial charge in [-0.15, -0.1) is 0 Å². The lowest BCUT2D eigenvalue weighted by atomic mass is 10.3. The molecule has 21 heavy (non-hydrogen) atoms. The van der Waals surface area contributed by atoms with Crippen LogP contribution in [-0.2, 0) is 9.59 Å². The van der Waals surface area contributed by atoms with Crippen molar-refractivity contribution in [2.24, 2.45) is 0 Å². The Morgan fingerprint density at radius 3 is 2.67 bits per heavy atom. The second kappa shape index (κ2) is 7.04. The van der Waals surface area contributed by atoms with Crippen LogP contribution in [0.15, 0.2) is 36.7 Å². The predicted molar refractivity (Wildman–Crippen MR) is 72.9 cm³/mol. The molecule has 2 rings (SSSR count). The second-order valence-electron chi connectivity index (χ2n) is 4.10. The maximum atomic E-state index is 12.1. The molecular formula is C13H14N4O4. The number of benzene rings is 1. The monoisotopic (exact) mass is 290 g/mol. The molecule has 110 valence electrons. The number of nitrogens with zero attached hydrogens (tertiary/aromatic N) is 3. The Hall–Kier alpha value is -2.90. The number of aromatic amines is 1. The summed E-state index contributed by atoms with van der Waals surface area (Å²) in [5, 5.41) is 14.9. The minimum atomic E-state index is -1.00. The molecule has 0 fully saturated rings. The molecule has 0 spiro atoms. The molecule has 0 unspecified atom stereocenters.